The highest BCUT2D eigenvalue weighted by molar-refractivity contribution is 6.18. The smallest absolute Gasteiger partial charge is 0.129 e. The van der Waals surface area contributed by atoms with Crippen LogP contribution in [-0.4, -0.2) is 5.88 Å². The first-order chi connectivity index (χ1) is 9.63. The minimum atomic E-state index is -0.510. The van der Waals surface area contributed by atoms with Crippen LogP contribution in [0.5, 0.6) is 0 Å². The van der Waals surface area contributed by atoms with Crippen molar-refractivity contribution in [2.45, 2.75) is 25.2 Å². The molecule has 0 heterocycles. The van der Waals surface area contributed by atoms with Crippen molar-refractivity contribution in [2.75, 3.05) is 5.88 Å². The monoisotopic (exact) mass is 294 g/mol. The largest absolute Gasteiger partial charge is 0.207 e. The van der Waals surface area contributed by atoms with Crippen LogP contribution in [0.4, 0.5) is 8.78 Å². The lowest BCUT2D eigenvalue weighted by atomic mass is 9.75. The SMILES string of the molecule is CCC(CCl)(Cc1c(F)cccc1F)c1ccccc1. The van der Waals surface area contributed by atoms with Crippen molar-refractivity contribution in [1.29, 1.82) is 0 Å². The van der Waals surface area contributed by atoms with Crippen molar-refractivity contribution < 1.29 is 8.78 Å². The Morgan fingerprint density at radius 3 is 2.05 bits per heavy atom. The van der Waals surface area contributed by atoms with E-state index in [1.807, 2.05) is 37.3 Å². The van der Waals surface area contributed by atoms with Crippen LogP contribution in [0.25, 0.3) is 0 Å². The molecule has 106 valence electrons. The zero-order valence-electron chi connectivity index (χ0n) is 11.4. The summed E-state index contributed by atoms with van der Waals surface area (Å²) in [6, 6.07) is 13.6. The number of halogens is 3. The summed E-state index contributed by atoms with van der Waals surface area (Å²) < 4.78 is 27.8. The average molecular weight is 295 g/mol. The summed E-state index contributed by atoms with van der Waals surface area (Å²) in [5, 5.41) is 0. The summed E-state index contributed by atoms with van der Waals surface area (Å²) in [7, 11) is 0. The summed E-state index contributed by atoms with van der Waals surface area (Å²) in [4.78, 5) is 0. The second-order valence-corrected chi connectivity index (χ2v) is 5.28. The third-order valence-corrected chi connectivity index (χ3v) is 4.41. The quantitative estimate of drug-likeness (QED) is 0.674. The van der Waals surface area contributed by atoms with E-state index in [0.717, 1.165) is 5.56 Å². The summed E-state index contributed by atoms with van der Waals surface area (Å²) in [5.74, 6) is -0.700. The molecule has 0 radical (unpaired) electrons. The molecule has 0 saturated heterocycles. The highest BCUT2D eigenvalue weighted by Crippen LogP contribution is 2.34. The predicted molar refractivity (Wildman–Crippen MR) is 79.2 cm³/mol. The van der Waals surface area contributed by atoms with Crippen LogP contribution in [0.3, 0.4) is 0 Å². The normalized spacial score (nSPS) is 14.0. The topological polar surface area (TPSA) is 0 Å². The van der Waals surface area contributed by atoms with Gasteiger partial charge in [-0.25, -0.2) is 8.78 Å². The summed E-state index contributed by atoms with van der Waals surface area (Å²) in [6.45, 7) is 1.99. The van der Waals surface area contributed by atoms with Crippen molar-refractivity contribution in [3.63, 3.8) is 0 Å². The Morgan fingerprint density at radius 2 is 1.55 bits per heavy atom. The Bertz CT molecular complexity index is 542. The number of rotatable bonds is 5. The lowest BCUT2D eigenvalue weighted by Gasteiger charge is -2.31. The Hall–Kier alpha value is -1.41. The van der Waals surface area contributed by atoms with Crippen LogP contribution in [0.15, 0.2) is 48.5 Å². The molecule has 2 aromatic carbocycles. The molecule has 0 aliphatic rings. The molecule has 0 nitrogen and oxygen atoms in total. The zero-order chi connectivity index (χ0) is 14.6. The number of hydrogen-bond acceptors (Lipinski definition) is 0. The maximum Gasteiger partial charge on any atom is 0.129 e. The Morgan fingerprint density at radius 1 is 0.950 bits per heavy atom. The fourth-order valence-corrected chi connectivity index (χ4v) is 2.92. The molecule has 2 aromatic rings. The molecule has 1 atom stereocenters. The molecular formula is C17H17ClF2. The Kier molecular flexibility index (Phi) is 4.77. The first kappa shape index (κ1) is 15.0. The van der Waals surface area contributed by atoms with Crippen molar-refractivity contribution in [1.82, 2.24) is 0 Å². The third-order valence-electron chi connectivity index (χ3n) is 3.90. The molecule has 0 bridgehead atoms. The summed E-state index contributed by atoms with van der Waals surface area (Å²) in [5.41, 5.74) is 0.672. The summed E-state index contributed by atoms with van der Waals surface area (Å²) >= 11 is 6.17. The van der Waals surface area contributed by atoms with Crippen molar-refractivity contribution >= 4 is 11.6 Å². The van der Waals surface area contributed by atoms with E-state index in [1.54, 1.807) is 0 Å². The summed E-state index contributed by atoms with van der Waals surface area (Å²) in [6.07, 6.45) is 0.976. The molecular weight excluding hydrogens is 278 g/mol. The number of alkyl halides is 1. The van der Waals surface area contributed by atoms with Crippen molar-refractivity contribution in [3.8, 4) is 0 Å². The zero-order valence-corrected chi connectivity index (χ0v) is 12.1. The fraction of sp³-hybridized carbons (Fsp3) is 0.294. The van der Waals surface area contributed by atoms with Gasteiger partial charge in [-0.3, -0.25) is 0 Å². The minimum absolute atomic E-state index is 0.110. The second kappa shape index (κ2) is 6.36. The average Bonchev–Trinajstić information content (AvgIpc) is 2.49. The molecule has 0 spiro atoms. The molecule has 20 heavy (non-hydrogen) atoms. The first-order valence-electron chi connectivity index (χ1n) is 6.67. The highest BCUT2D eigenvalue weighted by atomic mass is 35.5. The maximum atomic E-state index is 13.9. The molecule has 2 rings (SSSR count). The van der Waals surface area contributed by atoms with E-state index in [2.05, 4.69) is 0 Å². The predicted octanol–water partition coefficient (Wildman–Crippen LogP) is 5.09. The maximum absolute atomic E-state index is 13.9. The fourth-order valence-electron chi connectivity index (χ4n) is 2.48. The van der Waals surface area contributed by atoms with Crippen LogP contribution in [0.1, 0.15) is 24.5 Å². The van der Waals surface area contributed by atoms with E-state index < -0.39 is 17.0 Å². The van der Waals surface area contributed by atoms with Gasteiger partial charge in [0, 0.05) is 16.9 Å². The van der Waals surface area contributed by atoms with Crippen LogP contribution in [0.2, 0.25) is 0 Å². The van der Waals surface area contributed by atoms with Gasteiger partial charge in [0.2, 0.25) is 0 Å². The van der Waals surface area contributed by atoms with E-state index in [-0.39, 0.29) is 12.0 Å². The molecule has 0 N–H and O–H groups in total. The Labute approximate surface area is 123 Å². The molecule has 0 amide bonds. The molecule has 3 heteroatoms. The molecule has 0 aliphatic heterocycles. The third kappa shape index (κ3) is 2.85. The first-order valence-corrected chi connectivity index (χ1v) is 7.21. The lowest BCUT2D eigenvalue weighted by Crippen LogP contribution is -2.31. The minimum Gasteiger partial charge on any atom is -0.207 e. The van der Waals surface area contributed by atoms with E-state index in [1.165, 1.54) is 18.2 Å². The van der Waals surface area contributed by atoms with Gasteiger partial charge in [-0.2, -0.15) is 0 Å². The molecule has 0 aliphatic carbocycles. The molecule has 0 saturated carbocycles. The van der Waals surface area contributed by atoms with Gasteiger partial charge in [-0.1, -0.05) is 43.3 Å². The van der Waals surface area contributed by atoms with Crippen LogP contribution >= 0.6 is 11.6 Å². The molecule has 0 aromatic heterocycles. The highest BCUT2D eigenvalue weighted by Gasteiger charge is 2.31. The van der Waals surface area contributed by atoms with E-state index in [9.17, 15) is 8.78 Å². The van der Waals surface area contributed by atoms with E-state index in [0.29, 0.717) is 12.3 Å². The van der Waals surface area contributed by atoms with Gasteiger partial charge in [0.25, 0.3) is 0 Å². The van der Waals surface area contributed by atoms with E-state index >= 15 is 0 Å². The molecule has 0 fully saturated rings. The van der Waals surface area contributed by atoms with Crippen molar-refractivity contribution in [2.24, 2.45) is 0 Å². The number of benzene rings is 2. The number of hydrogen-bond donors (Lipinski definition) is 0. The van der Waals surface area contributed by atoms with Gasteiger partial charge in [0.1, 0.15) is 11.6 Å². The molecule has 1 unspecified atom stereocenters. The van der Waals surface area contributed by atoms with Gasteiger partial charge in [0.05, 0.1) is 0 Å². The standard InChI is InChI=1S/C17H17ClF2/c1-2-17(12-18,13-7-4-3-5-8-13)11-14-15(19)9-6-10-16(14)20/h3-10H,2,11-12H2,1H3. The van der Waals surface area contributed by atoms with Gasteiger partial charge in [-0.15, -0.1) is 11.6 Å². The van der Waals surface area contributed by atoms with Gasteiger partial charge >= 0.3 is 0 Å². The lowest BCUT2D eigenvalue weighted by molar-refractivity contribution is 0.432. The van der Waals surface area contributed by atoms with Crippen LogP contribution in [0, 0.1) is 11.6 Å². The van der Waals surface area contributed by atoms with Gasteiger partial charge in [-0.05, 0) is 30.5 Å². The van der Waals surface area contributed by atoms with Crippen LogP contribution in [-0.2, 0) is 11.8 Å². The second-order valence-electron chi connectivity index (χ2n) is 5.01. The van der Waals surface area contributed by atoms with Crippen molar-refractivity contribution in [3.05, 3.63) is 71.3 Å². The van der Waals surface area contributed by atoms with Crippen LogP contribution < -0.4 is 0 Å². The Balaban J connectivity index is 2.45. The van der Waals surface area contributed by atoms with Gasteiger partial charge in [0.15, 0.2) is 0 Å². The van der Waals surface area contributed by atoms with E-state index in [4.69, 9.17) is 11.6 Å². The van der Waals surface area contributed by atoms with Gasteiger partial charge < -0.3 is 0 Å².